The fraction of sp³-hybridized carbons (Fsp3) is 0.179. The third-order valence-electron chi connectivity index (χ3n) is 6.02. The van der Waals surface area contributed by atoms with Gasteiger partial charge in [-0.05, 0) is 66.1 Å². The molecule has 0 bridgehead atoms. The maximum Gasteiger partial charge on any atom is 0.144 e. The van der Waals surface area contributed by atoms with Crippen LogP contribution in [0, 0.1) is 12.8 Å². The van der Waals surface area contributed by atoms with Crippen molar-refractivity contribution in [2.75, 3.05) is 0 Å². The normalized spacial score (nSPS) is 13.1. The average Bonchev–Trinajstić information content (AvgIpc) is 3.27. The van der Waals surface area contributed by atoms with Crippen molar-refractivity contribution in [3.8, 4) is 0 Å². The Kier molecular flexibility index (Phi) is 3.67. The van der Waals surface area contributed by atoms with Crippen LogP contribution >= 0.6 is 0 Å². The minimum atomic E-state index is 0.612. The van der Waals surface area contributed by atoms with E-state index in [1.165, 1.54) is 27.5 Å². The Bertz CT molecular complexity index is 1500. The summed E-state index contributed by atoms with van der Waals surface area (Å²) < 4.78 is 6.36. The molecule has 146 valence electrons. The summed E-state index contributed by atoms with van der Waals surface area (Å²) >= 11 is 0. The van der Waals surface area contributed by atoms with Crippen LogP contribution in [0.1, 0.15) is 36.1 Å². The number of benzene rings is 4. The minimum absolute atomic E-state index is 0.612. The molecule has 5 aromatic rings. The van der Waals surface area contributed by atoms with Gasteiger partial charge in [-0.3, -0.25) is 0 Å². The molecule has 1 aromatic heterocycles. The first-order valence-corrected chi connectivity index (χ1v) is 10.7. The Labute approximate surface area is 175 Å². The molecular weight excluding hydrogens is 366 g/mol. The van der Waals surface area contributed by atoms with Gasteiger partial charge in [-0.25, -0.2) is 4.99 Å². The number of furan rings is 1. The molecule has 0 N–H and O–H groups in total. The van der Waals surface area contributed by atoms with E-state index in [-0.39, 0.29) is 0 Å². The van der Waals surface area contributed by atoms with Crippen LogP contribution in [0.2, 0.25) is 0 Å². The van der Waals surface area contributed by atoms with Gasteiger partial charge in [-0.2, -0.15) is 0 Å². The Balaban J connectivity index is 1.66. The molecule has 2 heteroatoms. The molecule has 4 aromatic carbocycles. The third kappa shape index (κ3) is 2.53. The number of aliphatic imine (C=N–C) groups is 1. The molecular formula is C28H23NO. The van der Waals surface area contributed by atoms with Crippen molar-refractivity contribution >= 4 is 44.1 Å². The monoisotopic (exact) mass is 389 g/mol. The Hall–Kier alpha value is -3.39. The zero-order valence-electron chi connectivity index (χ0n) is 17.5. The molecule has 2 nitrogen and oxygen atoms in total. The number of hydrogen-bond donors (Lipinski definition) is 0. The summed E-state index contributed by atoms with van der Waals surface area (Å²) in [6.45, 7) is 6.69. The smallest absolute Gasteiger partial charge is 0.144 e. The predicted molar refractivity (Wildman–Crippen MR) is 126 cm³/mol. The van der Waals surface area contributed by atoms with Crippen molar-refractivity contribution in [2.45, 2.75) is 27.2 Å². The molecule has 0 aliphatic carbocycles. The van der Waals surface area contributed by atoms with E-state index >= 15 is 0 Å². The summed E-state index contributed by atoms with van der Waals surface area (Å²) in [6, 6.07) is 23.8. The lowest BCUT2D eigenvalue weighted by Gasteiger charge is -2.11. The van der Waals surface area contributed by atoms with E-state index in [0.717, 1.165) is 45.3 Å². The first kappa shape index (κ1) is 17.5. The van der Waals surface area contributed by atoms with Gasteiger partial charge in [0.25, 0.3) is 0 Å². The summed E-state index contributed by atoms with van der Waals surface area (Å²) in [4.78, 5) is 5.11. The van der Waals surface area contributed by atoms with Gasteiger partial charge in [0.15, 0.2) is 0 Å². The summed E-state index contributed by atoms with van der Waals surface area (Å²) in [6.07, 6.45) is 1.06. The predicted octanol–water partition coefficient (Wildman–Crippen LogP) is 7.73. The quantitative estimate of drug-likeness (QED) is 0.304. The Morgan fingerprint density at radius 1 is 0.867 bits per heavy atom. The molecule has 30 heavy (non-hydrogen) atoms. The van der Waals surface area contributed by atoms with Gasteiger partial charge in [0.2, 0.25) is 0 Å². The SMILES string of the molecule is Cc1cc(C2=Nc3cccc4cc(CC(C)C)cc2c34)c2oc3ccccc3c2c1. The van der Waals surface area contributed by atoms with Crippen LogP contribution in [-0.2, 0) is 6.42 Å². The molecule has 1 aliphatic heterocycles. The van der Waals surface area contributed by atoms with Crippen molar-refractivity contribution in [1.82, 2.24) is 0 Å². The minimum Gasteiger partial charge on any atom is -0.455 e. The topological polar surface area (TPSA) is 25.5 Å². The number of rotatable bonds is 3. The molecule has 0 unspecified atom stereocenters. The number of hydrogen-bond acceptors (Lipinski definition) is 2. The molecule has 0 fully saturated rings. The van der Waals surface area contributed by atoms with Crippen molar-refractivity contribution < 1.29 is 4.42 Å². The first-order chi connectivity index (χ1) is 14.6. The van der Waals surface area contributed by atoms with Crippen LogP contribution in [0.25, 0.3) is 32.7 Å². The largest absolute Gasteiger partial charge is 0.455 e. The highest BCUT2D eigenvalue weighted by Gasteiger charge is 2.24. The lowest BCUT2D eigenvalue weighted by Crippen LogP contribution is -2.03. The van der Waals surface area contributed by atoms with Crippen LogP contribution in [-0.4, -0.2) is 5.71 Å². The van der Waals surface area contributed by atoms with E-state index in [4.69, 9.17) is 9.41 Å². The van der Waals surface area contributed by atoms with Crippen LogP contribution in [0.5, 0.6) is 0 Å². The summed E-state index contributed by atoms with van der Waals surface area (Å²) in [5, 5.41) is 4.85. The van der Waals surface area contributed by atoms with Crippen LogP contribution in [0.4, 0.5) is 5.69 Å². The van der Waals surface area contributed by atoms with Crippen molar-refractivity contribution in [1.29, 1.82) is 0 Å². The summed E-state index contributed by atoms with van der Waals surface area (Å²) in [7, 11) is 0. The molecule has 0 radical (unpaired) electrons. The number of nitrogens with zero attached hydrogens (tertiary/aromatic N) is 1. The fourth-order valence-corrected chi connectivity index (χ4v) is 4.87. The maximum absolute atomic E-state index is 6.36. The van der Waals surface area contributed by atoms with E-state index in [9.17, 15) is 0 Å². The number of aryl methyl sites for hydroxylation is 1. The van der Waals surface area contributed by atoms with Crippen molar-refractivity contribution in [3.05, 3.63) is 89.0 Å². The fourth-order valence-electron chi connectivity index (χ4n) is 4.87. The van der Waals surface area contributed by atoms with Crippen LogP contribution in [0.3, 0.4) is 0 Å². The van der Waals surface area contributed by atoms with E-state index in [0.29, 0.717) is 5.92 Å². The summed E-state index contributed by atoms with van der Waals surface area (Å²) in [5.74, 6) is 0.612. The third-order valence-corrected chi connectivity index (χ3v) is 6.02. The second-order valence-corrected chi connectivity index (χ2v) is 8.86. The van der Waals surface area contributed by atoms with Crippen molar-refractivity contribution in [2.24, 2.45) is 10.9 Å². The van der Waals surface area contributed by atoms with Crippen LogP contribution < -0.4 is 0 Å². The zero-order valence-corrected chi connectivity index (χ0v) is 17.5. The van der Waals surface area contributed by atoms with Gasteiger partial charge in [0, 0.05) is 27.3 Å². The highest BCUT2D eigenvalue weighted by molar-refractivity contribution is 6.30. The molecule has 0 spiro atoms. The highest BCUT2D eigenvalue weighted by Crippen LogP contribution is 2.41. The number of fused-ring (bicyclic) bond motifs is 3. The van der Waals surface area contributed by atoms with Crippen molar-refractivity contribution in [3.63, 3.8) is 0 Å². The standard InChI is InChI=1S/C28H23NO/c1-16(2)11-18-14-19-7-6-9-24-26(19)22(15-18)27(29-24)23-13-17(3)12-21-20-8-4-5-10-25(20)30-28(21)23/h4-10,12-16H,11H2,1-3H3. The Morgan fingerprint density at radius 3 is 2.60 bits per heavy atom. The second kappa shape index (κ2) is 6.30. The van der Waals surface area contributed by atoms with Gasteiger partial charge in [-0.1, -0.05) is 50.2 Å². The summed E-state index contributed by atoms with van der Waals surface area (Å²) in [5.41, 5.74) is 8.83. The van der Waals surface area contributed by atoms with E-state index in [2.05, 4.69) is 75.4 Å². The zero-order chi connectivity index (χ0) is 20.4. The van der Waals surface area contributed by atoms with E-state index in [1.54, 1.807) is 0 Å². The first-order valence-electron chi connectivity index (χ1n) is 10.7. The molecule has 6 rings (SSSR count). The highest BCUT2D eigenvalue weighted by atomic mass is 16.3. The molecule has 0 amide bonds. The van der Waals surface area contributed by atoms with Crippen LogP contribution in [0.15, 0.2) is 76.1 Å². The number of para-hydroxylation sites is 1. The van der Waals surface area contributed by atoms with Gasteiger partial charge in [-0.15, -0.1) is 0 Å². The van der Waals surface area contributed by atoms with E-state index in [1.807, 2.05) is 12.1 Å². The van der Waals surface area contributed by atoms with Gasteiger partial charge in [0.1, 0.15) is 11.2 Å². The van der Waals surface area contributed by atoms with E-state index < -0.39 is 0 Å². The second-order valence-electron chi connectivity index (χ2n) is 8.86. The lowest BCUT2D eigenvalue weighted by atomic mass is 9.92. The molecule has 0 saturated heterocycles. The molecule has 0 saturated carbocycles. The van der Waals surface area contributed by atoms with Gasteiger partial charge < -0.3 is 4.42 Å². The van der Waals surface area contributed by atoms with Gasteiger partial charge >= 0.3 is 0 Å². The maximum atomic E-state index is 6.36. The average molecular weight is 389 g/mol. The lowest BCUT2D eigenvalue weighted by molar-refractivity contribution is 0.648. The molecule has 2 heterocycles. The molecule has 0 atom stereocenters. The van der Waals surface area contributed by atoms with Gasteiger partial charge in [0.05, 0.1) is 11.4 Å². The Morgan fingerprint density at radius 2 is 1.73 bits per heavy atom. The molecule has 1 aliphatic rings.